The highest BCUT2D eigenvalue weighted by atomic mass is 16.5. The molecular formula is C14H27NO2. The van der Waals surface area contributed by atoms with Crippen LogP contribution in [0.5, 0.6) is 0 Å². The minimum atomic E-state index is -0.440. The Labute approximate surface area is 105 Å². The van der Waals surface area contributed by atoms with Gasteiger partial charge in [-0.05, 0) is 38.0 Å². The third-order valence-electron chi connectivity index (χ3n) is 4.10. The maximum atomic E-state index is 11.5. The number of hydrogen-bond acceptors (Lipinski definition) is 3. The topological polar surface area (TPSA) is 38.3 Å². The van der Waals surface area contributed by atoms with Gasteiger partial charge in [0.05, 0.1) is 12.5 Å². The Kier molecular flexibility index (Phi) is 4.59. The van der Waals surface area contributed by atoms with E-state index in [-0.39, 0.29) is 5.97 Å². The van der Waals surface area contributed by atoms with Crippen LogP contribution in [0.3, 0.4) is 0 Å². The van der Waals surface area contributed by atoms with Gasteiger partial charge in [-0.25, -0.2) is 0 Å². The van der Waals surface area contributed by atoms with E-state index in [1.54, 1.807) is 0 Å². The molecule has 0 aromatic heterocycles. The summed E-state index contributed by atoms with van der Waals surface area (Å²) >= 11 is 0. The molecule has 0 unspecified atom stereocenters. The third kappa shape index (κ3) is 3.70. The minimum absolute atomic E-state index is 0.147. The molecule has 0 aliphatic heterocycles. The largest absolute Gasteiger partial charge is 0.469 e. The molecule has 1 rings (SSSR count). The molecule has 0 spiro atoms. The second-order valence-corrected chi connectivity index (χ2v) is 6.60. The second kappa shape index (κ2) is 5.38. The van der Waals surface area contributed by atoms with Crippen LogP contribution in [0.1, 0.15) is 47.0 Å². The number of nitrogens with one attached hydrogen (secondary N) is 1. The average molecular weight is 241 g/mol. The fourth-order valence-electron chi connectivity index (χ4n) is 2.38. The van der Waals surface area contributed by atoms with Crippen LogP contribution in [-0.2, 0) is 9.53 Å². The molecule has 1 aliphatic rings. The molecule has 100 valence electrons. The van der Waals surface area contributed by atoms with Gasteiger partial charge < -0.3 is 10.1 Å². The van der Waals surface area contributed by atoms with Gasteiger partial charge in [0.1, 0.15) is 0 Å². The summed E-state index contributed by atoms with van der Waals surface area (Å²) < 4.78 is 4.80. The second-order valence-electron chi connectivity index (χ2n) is 6.60. The van der Waals surface area contributed by atoms with E-state index in [1.165, 1.54) is 26.4 Å². The van der Waals surface area contributed by atoms with Gasteiger partial charge in [-0.3, -0.25) is 4.79 Å². The normalized spacial score (nSPS) is 17.7. The van der Waals surface area contributed by atoms with E-state index in [9.17, 15) is 4.79 Å². The molecule has 3 nitrogen and oxygen atoms in total. The van der Waals surface area contributed by atoms with Crippen LogP contribution in [-0.4, -0.2) is 26.2 Å². The Morgan fingerprint density at radius 3 is 2.24 bits per heavy atom. The molecule has 0 aromatic rings. The first kappa shape index (κ1) is 14.5. The van der Waals surface area contributed by atoms with Crippen molar-refractivity contribution in [2.75, 3.05) is 20.2 Å². The van der Waals surface area contributed by atoms with Crippen LogP contribution in [0.25, 0.3) is 0 Å². The summed E-state index contributed by atoms with van der Waals surface area (Å²) in [5, 5.41) is 3.43. The summed E-state index contributed by atoms with van der Waals surface area (Å²) in [5.41, 5.74) is -0.102. The Balaban J connectivity index is 2.33. The van der Waals surface area contributed by atoms with Crippen LogP contribution >= 0.6 is 0 Å². The van der Waals surface area contributed by atoms with Crippen molar-refractivity contribution in [1.29, 1.82) is 0 Å². The number of rotatable bonds is 6. The van der Waals surface area contributed by atoms with Gasteiger partial charge >= 0.3 is 5.97 Å². The Bertz CT molecular complexity index is 267. The van der Waals surface area contributed by atoms with Crippen molar-refractivity contribution in [3.63, 3.8) is 0 Å². The molecule has 0 radical (unpaired) electrons. The molecule has 1 saturated carbocycles. The SMILES string of the molecule is COC(=O)C(C)(C)CNCC(C)(C)C1CCC1. The minimum Gasteiger partial charge on any atom is -0.469 e. The van der Waals surface area contributed by atoms with E-state index in [4.69, 9.17) is 4.74 Å². The highest BCUT2D eigenvalue weighted by Crippen LogP contribution is 2.41. The van der Waals surface area contributed by atoms with Gasteiger partial charge in [0, 0.05) is 13.1 Å². The van der Waals surface area contributed by atoms with Gasteiger partial charge in [-0.2, -0.15) is 0 Å². The van der Waals surface area contributed by atoms with Gasteiger partial charge in [-0.15, -0.1) is 0 Å². The number of carbonyl (C=O) groups excluding carboxylic acids is 1. The molecule has 17 heavy (non-hydrogen) atoms. The first-order chi connectivity index (χ1) is 7.79. The molecule has 1 N–H and O–H groups in total. The maximum absolute atomic E-state index is 11.5. The fourth-order valence-corrected chi connectivity index (χ4v) is 2.38. The number of hydrogen-bond donors (Lipinski definition) is 1. The lowest BCUT2D eigenvalue weighted by Gasteiger charge is -2.41. The summed E-state index contributed by atoms with van der Waals surface area (Å²) in [5.74, 6) is 0.697. The van der Waals surface area contributed by atoms with Crippen LogP contribution < -0.4 is 5.32 Å². The molecule has 0 atom stereocenters. The van der Waals surface area contributed by atoms with E-state index in [0.717, 1.165) is 12.5 Å². The molecule has 0 amide bonds. The zero-order valence-electron chi connectivity index (χ0n) is 11.9. The van der Waals surface area contributed by atoms with Crippen molar-refractivity contribution in [1.82, 2.24) is 5.32 Å². The predicted octanol–water partition coefficient (Wildman–Crippen LogP) is 2.60. The standard InChI is InChI=1S/C14H27NO2/c1-13(2,11-7-6-8-11)9-15-10-14(3,4)12(16)17-5/h11,15H,6-10H2,1-5H3. The van der Waals surface area contributed by atoms with Gasteiger partial charge in [0.25, 0.3) is 0 Å². The van der Waals surface area contributed by atoms with Crippen molar-refractivity contribution < 1.29 is 9.53 Å². The summed E-state index contributed by atoms with van der Waals surface area (Å²) in [6.07, 6.45) is 4.09. The Morgan fingerprint density at radius 2 is 1.82 bits per heavy atom. The number of ether oxygens (including phenoxy) is 1. The van der Waals surface area contributed by atoms with E-state index < -0.39 is 5.41 Å². The highest BCUT2D eigenvalue weighted by molar-refractivity contribution is 5.76. The maximum Gasteiger partial charge on any atom is 0.312 e. The van der Waals surface area contributed by atoms with Crippen LogP contribution in [0.15, 0.2) is 0 Å². The van der Waals surface area contributed by atoms with Crippen LogP contribution in [0, 0.1) is 16.7 Å². The smallest absolute Gasteiger partial charge is 0.312 e. The van der Waals surface area contributed by atoms with Crippen molar-refractivity contribution in [3.05, 3.63) is 0 Å². The summed E-state index contributed by atoms with van der Waals surface area (Å²) in [4.78, 5) is 11.5. The number of methoxy groups -OCH3 is 1. The number of carbonyl (C=O) groups is 1. The van der Waals surface area contributed by atoms with Crippen molar-refractivity contribution in [2.45, 2.75) is 47.0 Å². The summed E-state index contributed by atoms with van der Waals surface area (Å²) in [6.45, 7) is 10.1. The number of esters is 1. The molecule has 1 aliphatic carbocycles. The molecule has 1 fully saturated rings. The molecule has 3 heteroatoms. The van der Waals surface area contributed by atoms with E-state index >= 15 is 0 Å². The van der Waals surface area contributed by atoms with Gasteiger partial charge in [-0.1, -0.05) is 20.3 Å². The van der Waals surface area contributed by atoms with Gasteiger partial charge in [0.15, 0.2) is 0 Å². The molecule has 0 bridgehead atoms. The molecular weight excluding hydrogens is 214 g/mol. The average Bonchev–Trinajstić information content (AvgIpc) is 2.11. The molecule has 0 saturated heterocycles. The van der Waals surface area contributed by atoms with Crippen LogP contribution in [0.4, 0.5) is 0 Å². The highest BCUT2D eigenvalue weighted by Gasteiger charge is 2.34. The summed E-state index contributed by atoms with van der Waals surface area (Å²) in [6, 6.07) is 0. The van der Waals surface area contributed by atoms with E-state index in [0.29, 0.717) is 12.0 Å². The first-order valence-corrected chi connectivity index (χ1v) is 6.59. The van der Waals surface area contributed by atoms with Crippen molar-refractivity contribution >= 4 is 5.97 Å². The quantitative estimate of drug-likeness (QED) is 0.726. The zero-order chi connectivity index (χ0) is 13.1. The molecule has 0 heterocycles. The monoisotopic (exact) mass is 241 g/mol. The lowest BCUT2D eigenvalue weighted by atomic mass is 9.67. The van der Waals surface area contributed by atoms with E-state index in [1.807, 2.05) is 13.8 Å². The van der Waals surface area contributed by atoms with Crippen molar-refractivity contribution in [2.24, 2.45) is 16.7 Å². The Hall–Kier alpha value is -0.570. The van der Waals surface area contributed by atoms with Gasteiger partial charge in [0.2, 0.25) is 0 Å². The summed E-state index contributed by atoms with van der Waals surface area (Å²) in [7, 11) is 1.45. The predicted molar refractivity (Wildman–Crippen MR) is 69.8 cm³/mol. The lowest BCUT2D eigenvalue weighted by molar-refractivity contribution is -0.150. The van der Waals surface area contributed by atoms with E-state index in [2.05, 4.69) is 19.2 Å². The Morgan fingerprint density at radius 1 is 1.24 bits per heavy atom. The van der Waals surface area contributed by atoms with Crippen molar-refractivity contribution in [3.8, 4) is 0 Å². The fraction of sp³-hybridized carbons (Fsp3) is 0.929. The van der Waals surface area contributed by atoms with Crippen LogP contribution in [0.2, 0.25) is 0 Å². The zero-order valence-corrected chi connectivity index (χ0v) is 11.9. The third-order valence-corrected chi connectivity index (χ3v) is 4.10. The lowest BCUT2D eigenvalue weighted by Crippen LogP contribution is -2.43. The first-order valence-electron chi connectivity index (χ1n) is 6.59. The molecule has 0 aromatic carbocycles.